The van der Waals surface area contributed by atoms with Gasteiger partial charge < -0.3 is 0 Å². The minimum Gasteiger partial charge on any atom is -0.135 e. The van der Waals surface area contributed by atoms with Crippen molar-refractivity contribution >= 4 is 31.5 Å². The van der Waals surface area contributed by atoms with Crippen molar-refractivity contribution in [1.82, 2.24) is 0 Å². The van der Waals surface area contributed by atoms with Crippen LogP contribution in [0.2, 0.25) is 0 Å². The van der Waals surface area contributed by atoms with E-state index >= 15 is 0 Å². The SMILES string of the molecule is c1ccc([C@H]2Cc3cccc(-c4cc5c(sc6ccccc65)c5c4-c4ccccc4[C@H]5c4ccccc4)c3-c3ccccc32)cc1. The van der Waals surface area contributed by atoms with Crippen LogP contribution in [-0.4, -0.2) is 0 Å². The molecule has 0 fully saturated rings. The van der Waals surface area contributed by atoms with E-state index in [9.17, 15) is 0 Å². The van der Waals surface area contributed by atoms with Gasteiger partial charge in [0, 0.05) is 32.0 Å². The van der Waals surface area contributed by atoms with Gasteiger partial charge in [-0.1, -0.05) is 146 Å². The molecule has 1 aromatic heterocycles. The van der Waals surface area contributed by atoms with Crippen molar-refractivity contribution in [2.45, 2.75) is 18.3 Å². The molecule has 2 atom stereocenters. The average Bonchev–Trinajstić information content (AvgIpc) is 3.68. The summed E-state index contributed by atoms with van der Waals surface area (Å²) in [5.41, 5.74) is 16.7. The molecule has 0 unspecified atom stereocenters. The molecule has 216 valence electrons. The molecule has 0 spiro atoms. The van der Waals surface area contributed by atoms with Crippen molar-refractivity contribution in [3.8, 4) is 33.4 Å². The number of hydrogen-bond donors (Lipinski definition) is 0. The van der Waals surface area contributed by atoms with E-state index in [4.69, 9.17) is 0 Å². The molecule has 46 heavy (non-hydrogen) atoms. The second-order valence-corrected chi connectivity index (χ2v) is 13.8. The highest BCUT2D eigenvalue weighted by atomic mass is 32.1. The van der Waals surface area contributed by atoms with Gasteiger partial charge in [-0.05, 0) is 85.3 Å². The Balaban J connectivity index is 1.31. The summed E-state index contributed by atoms with van der Waals surface area (Å²) in [6.07, 6.45) is 0.999. The van der Waals surface area contributed by atoms with Crippen LogP contribution in [0.25, 0.3) is 53.6 Å². The third kappa shape index (κ3) is 3.73. The molecule has 0 radical (unpaired) electrons. The summed E-state index contributed by atoms with van der Waals surface area (Å²) in [6, 6.07) is 59.0. The summed E-state index contributed by atoms with van der Waals surface area (Å²) < 4.78 is 2.77. The third-order valence-electron chi connectivity index (χ3n) is 10.3. The predicted octanol–water partition coefficient (Wildman–Crippen LogP) is 12.2. The molecule has 0 saturated carbocycles. The van der Waals surface area contributed by atoms with Crippen LogP contribution in [0.1, 0.15) is 45.2 Å². The molecule has 0 saturated heterocycles. The first kappa shape index (κ1) is 26.0. The van der Waals surface area contributed by atoms with Crippen LogP contribution < -0.4 is 0 Å². The van der Waals surface area contributed by atoms with E-state index in [1.807, 2.05) is 11.3 Å². The van der Waals surface area contributed by atoms with E-state index in [1.165, 1.54) is 86.9 Å². The van der Waals surface area contributed by atoms with Gasteiger partial charge in [-0.3, -0.25) is 0 Å². The van der Waals surface area contributed by atoms with Crippen LogP contribution >= 0.6 is 11.3 Å². The van der Waals surface area contributed by atoms with E-state index in [0.717, 1.165) is 6.42 Å². The molecule has 0 N–H and O–H groups in total. The molecule has 2 aliphatic rings. The number of rotatable bonds is 3. The van der Waals surface area contributed by atoms with Crippen LogP contribution in [0.4, 0.5) is 0 Å². The van der Waals surface area contributed by atoms with Gasteiger partial charge in [0.25, 0.3) is 0 Å². The number of thiophene rings is 1. The zero-order chi connectivity index (χ0) is 30.2. The van der Waals surface area contributed by atoms with Crippen LogP contribution in [0.5, 0.6) is 0 Å². The molecule has 0 aliphatic heterocycles. The van der Waals surface area contributed by atoms with Gasteiger partial charge in [0.15, 0.2) is 0 Å². The molecule has 0 nitrogen and oxygen atoms in total. The maximum atomic E-state index is 2.53. The lowest BCUT2D eigenvalue weighted by Crippen LogP contribution is -2.13. The monoisotopic (exact) mass is 602 g/mol. The van der Waals surface area contributed by atoms with Crippen LogP contribution in [-0.2, 0) is 6.42 Å². The third-order valence-corrected chi connectivity index (χ3v) is 11.6. The largest absolute Gasteiger partial charge is 0.135 e. The molecule has 10 rings (SSSR count). The van der Waals surface area contributed by atoms with E-state index in [2.05, 4.69) is 158 Å². The maximum absolute atomic E-state index is 2.53. The standard InChI is InChI=1S/C45H30S/c1-3-14-28(15-4-1)37-26-30-18-13-24-36(41(30)33-21-8-7-19-31(33)37)38-27-39-32-20-11-12-25-40(32)46-45(39)44-42(29-16-5-2-6-17-29)34-22-9-10-23-35(34)43(38)44/h1-25,27,37,42H,26H2/t37-,42-/m1/s1. The summed E-state index contributed by atoms with van der Waals surface area (Å²) in [6.45, 7) is 0. The normalized spacial score (nSPS) is 16.2. The summed E-state index contributed by atoms with van der Waals surface area (Å²) in [5, 5.41) is 2.72. The van der Waals surface area contributed by atoms with Crippen molar-refractivity contribution < 1.29 is 0 Å². The number of fused-ring (bicyclic) bond motifs is 10. The van der Waals surface area contributed by atoms with E-state index in [1.54, 1.807) is 0 Å². The molecular formula is C45H30S. The lowest BCUT2D eigenvalue weighted by molar-refractivity contribution is 0.794. The smallest absolute Gasteiger partial charge is 0.0403 e. The second kappa shape index (κ2) is 10.1. The quantitative estimate of drug-likeness (QED) is 0.189. The first-order valence-corrected chi connectivity index (χ1v) is 17.1. The van der Waals surface area contributed by atoms with Gasteiger partial charge in [-0.2, -0.15) is 0 Å². The molecule has 0 amide bonds. The predicted molar refractivity (Wildman–Crippen MR) is 195 cm³/mol. The van der Waals surface area contributed by atoms with Crippen LogP contribution in [0.3, 0.4) is 0 Å². The van der Waals surface area contributed by atoms with Gasteiger partial charge in [0.1, 0.15) is 0 Å². The van der Waals surface area contributed by atoms with Gasteiger partial charge in [0.05, 0.1) is 0 Å². The first-order valence-electron chi connectivity index (χ1n) is 16.2. The van der Waals surface area contributed by atoms with E-state index in [-0.39, 0.29) is 5.92 Å². The molecule has 7 aromatic carbocycles. The lowest BCUT2D eigenvalue weighted by atomic mass is 9.73. The van der Waals surface area contributed by atoms with Crippen molar-refractivity contribution in [2.24, 2.45) is 0 Å². The highest BCUT2D eigenvalue weighted by Gasteiger charge is 2.36. The highest BCUT2D eigenvalue weighted by molar-refractivity contribution is 7.26. The van der Waals surface area contributed by atoms with Crippen molar-refractivity contribution in [1.29, 1.82) is 0 Å². The molecule has 2 aliphatic carbocycles. The lowest BCUT2D eigenvalue weighted by Gasteiger charge is -2.30. The molecule has 1 heteroatoms. The van der Waals surface area contributed by atoms with Gasteiger partial charge >= 0.3 is 0 Å². The Morgan fingerprint density at radius 2 is 1.09 bits per heavy atom. The Morgan fingerprint density at radius 3 is 1.89 bits per heavy atom. The fraction of sp³-hybridized carbons (Fsp3) is 0.0667. The topological polar surface area (TPSA) is 0 Å². The molecule has 0 bridgehead atoms. The minimum absolute atomic E-state index is 0.192. The van der Waals surface area contributed by atoms with Crippen molar-refractivity contribution in [2.75, 3.05) is 0 Å². The Hall–Kier alpha value is -5.24. The summed E-state index contributed by atoms with van der Waals surface area (Å²) >= 11 is 1.96. The summed E-state index contributed by atoms with van der Waals surface area (Å²) in [7, 11) is 0. The molecule has 8 aromatic rings. The number of benzene rings is 7. The first-order chi connectivity index (χ1) is 22.8. The Bertz CT molecular complexity index is 2450. The average molecular weight is 603 g/mol. The Kier molecular flexibility index (Phi) is 5.74. The fourth-order valence-electron chi connectivity index (χ4n) is 8.44. The van der Waals surface area contributed by atoms with Gasteiger partial charge in [-0.25, -0.2) is 0 Å². The van der Waals surface area contributed by atoms with Gasteiger partial charge in [-0.15, -0.1) is 11.3 Å². The zero-order valence-corrected chi connectivity index (χ0v) is 26.1. The minimum atomic E-state index is 0.192. The second-order valence-electron chi connectivity index (χ2n) is 12.7. The molecule has 1 heterocycles. The van der Waals surface area contributed by atoms with Crippen molar-refractivity contribution in [3.05, 3.63) is 191 Å². The fourth-order valence-corrected chi connectivity index (χ4v) is 9.70. The highest BCUT2D eigenvalue weighted by Crippen LogP contribution is 2.58. The maximum Gasteiger partial charge on any atom is 0.0403 e. The summed E-state index contributed by atoms with van der Waals surface area (Å²) in [4.78, 5) is 0. The number of hydrogen-bond acceptors (Lipinski definition) is 1. The molecular weight excluding hydrogens is 573 g/mol. The Morgan fingerprint density at radius 1 is 0.457 bits per heavy atom. The van der Waals surface area contributed by atoms with Crippen molar-refractivity contribution in [3.63, 3.8) is 0 Å². The summed E-state index contributed by atoms with van der Waals surface area (Å²) in [5.74, 6) is 0.537. The van der Waals surface area contributed by atoms with Gasteiger partial charge in [0.2, 0.25) is 0 Å². The van der Waals surface area contributed by atoms with Crippen LogP contribution in [0.15, 0.2) is 158 Å². The Labute approximate surface area is 273 Å². The van der Waals surface area contributed by atoms with E-state index in [0.29, 0.717) is 5.92 Å². The zero-order valence-electron chi connectivity index (χ0n) is 25.3. The van der Waals surface area contributed by atoms with Crippen LogP contribution in [0, 0.1) is 0 Å². The van der Waals surface area contributed by atoms with E-state index < -0.39 is 0 Å².